The van der Waals surface area contributed by atoms with E-state index in [0.29, 0.717) is 17.2 Å². The van der Waals surface area contributed by atoms with Gasteiger partial charge in [0.15, 0.2) is 11.6 Å². The zero-order valence-corrected chi connectivity index (χ0v) is 16.0. The van der Waals surface area contributed by atoms with E-state index in [9.17, 15) is 23.2 Å². The van der Waals surface area contributed by atoms with Gasteiger partial charge in [0.05, 0.1) is 17.2 Å². The molecule has 1 unspecified atom stereocenters. The van der Waals surface area contributed by atoms with Gasteiger partial charge in [-0.05, 0) is 38.1 Å². The number of halogens is 2. The van der Waals surface area contributed by atoms with E-state index < -0.39 is 29.5 Å². The van der Waals surface area contributed by atoms with Crippen molar-refractivity contribution in [2.24, 2.45) is 0 Å². The van der Waals surface area contributed by atoms with E-state index >= 15 is 0 Å². The molecule has 1 atom stereocenters. The van der Waals surface area contributed by atoms with Crippen LogP contribution >= 0.6 is 0 Å². The number of hydrogen-bond acceptors (Lipinski definition) is 4. The summed E-state index contributed by atoms with van der Waals surface area (Å²) in [5, 5.41) is 2.66. The molecule has 0 spiro atoms. The van der Waals surface area contributed by atoms with Crippen molar-refractivity contribution >= 4 is 17.7 Å². The first-order chi connectivity index (χ1) is 13.8. The first-order valence-corrected chi connectivity index (χ1v) is 9.10. The van der Waals surface area contributed by atoms with E-state index in [1.54, 1.807) is 25.1 Å². The summed E-state index contributed by atoms with van der Waals surface area (Å²) in [5.74, 6) is -2.86. The van der Waals surface area contributed by atoms with Gasteiger partial charge >= 0.3 is 0 Å². The number of carbonyl (C=O) groups excluding carboxylic acids is 3. The maximum absolute atomic E-state index is 13.5. The minimum Gasteiger partial charge on any atom is -0.488 e. The zero-order chi connectivity index (χ0) is 21.1. The van der Waals surface area contributed by atoms with Crippen LogP contribution in [0.15, 0.2) is 36.4 Å². The molecule has 1 aliphatic heterocycles. The van der Waals surface area contributed by atoms with Gasteiger partial charge in [-0.1, -0.05) is 11.6 Å². The topological polar surface area (TPSA) is 75.7 Å². The third-order valence-corrected chi connectivity index (χ3v) is 4.48. The zero-order valence-electron chi connectivity index (χ0n) is 16.0. The van der Waals surface area contributed by atoms with Gasteiger partial charge < -0.3 is 10.1 Å². The fourth-order valence-electron chi connectivity index (χ4n) is 3.02. The molecule has 0 aromatic heterocycles. The predicted octanol–water partition coefficient (Wildman–Crippen LogP) is 2.84. The van der Waals surface area contributed by atoms with Crippen LogP contribution in [0.5, 0.6) is 5.75 Å². The molecule has 3 amide bonds. The highest BCUT2D eigenvalue weighted by Gasteiger charge is 2.35. The summed E-state index contributed by atoms with van der Waals surface area (Å²) < 4.78 is 31.7. The van der Waals surface area contributed by atoms with Gasteiger partial charge in [-0.2, -0.15) is 0 Å². The molecule has 29 heavy (non-hydrogen) atoms. The molecule has 1 heterocycles. The molecule has 0 radical (unpaired) electrons. The van der Waals surface area contributed by atoms with Crippen molar-refractivity contribution in [1.82, 2.24) is 10.2 Å². The Kier molecular flexibility index (Phi) is 5.91. The van der Waals surface area contributed by atoms with Crippen molar-refractivity contribution in [3.05, 3.63) is 64.7 Å². The van der Waals surface area contributed by atoms with Crippen LogP contribution in [-0.2, 0) is 4.79 Å². The largest absolute Gasteiger partial charge is 0.488 e. The highest BCUT2D eigenvalue weighted by Crippen LogP contribution is 2.24. The minimum atomic E-state index is -0.829. The predicted molar refractivity (Wildman–Crippen MR) is 101 cm³/mol. The lowest BCUT2D eigenvalue weighted by Gasteiger charge is -2.17. The number of rotatable bonds is 7. The quantitative estimate of drug-likeness (QED) is 0.723. The van der Waals surface area contributed by atoms with E-state index in [4.69, 9.17) is 4.74 Å². The SMILES string of the molecule is Cc1ccc2c(c1)C(=O)N(CCC(=O)NC(C)COc1ccc(F)cc1F)C2=O. The Labute approximate surface area is 166 Å². The van der Waals surface area contributed by atoms with Crippen molar-refractivity contribution < 1.29 is 27.9 Å². The van der Waals surface area contributed by atoms with Gasteiger partial charge in [0, 0.05) is 19.0 Å². The van der Waals surface area contributed by atoms with Crippen LogP contribution in [-0.4, -0.2) is 41.8 Å². The molecule has 0 saturated carbocycles. The molecule has 2 aromatic carbocycles. The molecular weight excluding hydrogens is 382 g/mol. The molecule has 0 saturated heterocycles. The second-order valence-electron chi connectivity index (χ2n) is 6.92. The number of nitrogens with one attached hydrogen (secondary N) is 1. The molecule has 2 aromatic rings. The van der Waals surface area contributed by atoms with Gasteiger partial charge in [0.1, 0.15) is 12.4 Å². The molecular formula is C21H20F2N2O4. The van der Waals surface area contributed by atoms with Crippen molar-refractivity contribution in [3.63, 3.8) is 0 Å². The molecule has 1 N–H and O–H groups in total. The molecule has 0 fully saturated rings. The first kappa shape index (κ1) is 20.4. The van der Waals surface area contributed by atoms with Crippen LogP contribution in [0.25, 0.3) is 0 Å². The molecule has 8 heteroatoms. The monoisotopic (exact) mass is 402 g/mol. The summed E-state index contributed by atoms with van der Waals surface area (Å²) in [5.41, 5.74) is 1.55. The maximum Gasteiger partial charge on any atom is 0.261 e. The number of carbonyl (C=O) groups is 3. The first-order valence-electron chi connectivity index (χ1n) is 9.10. The summed E-state index contributed by atoms with van der Waals surface area (Å²) in [6.45, 7) is 3.41. The summed E-state index contributed by atoms with van der Waals surface area (Å²) >= 11 is 0. The Morgan fingerprint density at radius 3 is 2.55 bits per heavy atom. The smallest absolute Gasteiger partial charge is 0.261 e. The number of ether oxygens (including phenoxy) is 1. The van der Waals surface area contributed by atoms with Gasteiger partial charge in [0.2, 0.25) is 5.91 Å². The number of amides is 3. The number of imide groups is 1. The number of nitrogens with zero attached hydrogens (tertiary/aromatic N) is 1. The standard InChI is InChI=1S/C21H20F2N2O4/c1-12-3-5-15-16(9-12)21(28)25(20(15)27)8-7-19(26)24-13(2)11-29-18-6-4-14(22)10-17(18)23/h3-6,9-10,13H,7-8,11H2,1-2H3,(H,24,26). The lowest BCUT2D eigenvalue weighted by Crippen LogP contribution is -2.39. The van der Waals surface area contributed by atoms with Crippen molar-refractivity contribution in [2.75, 3.05) is 13.2 Å². The molecule has 3 rings (SSSR count). The molecule has 152 valence electrons. The summed E-state index contributed by atoms with van der Waals surface area (Å²) in [4.78, 5) is 37.9. The van der Waals surface area contributed by atoms with Gasteiger partial charge in [-0.3, -0.25) is 19.3 Å². The number of hydrogen-bond donors (Lipinski definition) is 1. The molecule has 0 bridgehead atoms. The maximum atomic E-state index is 13.5. The fourth-order valence-corrected chi connectivity index (χ4v) is 3.02. The molecule has 1 aliphatic rings. The van der Waals surface area contributed by atoms with E-state index in [1.807, 2.05) is 6.92 Å². The third kappa shape index (κ3) is 4.59. The Hall–Kier alpha value is -3.29. The van der Waals surface area contributed by atoms with E-state index in [0.717, 1.165) is 16.5 Å². The average Bonchev–Trinajstić information content (AvgIpc) is 2.89. The van der Waals surface area contributed by atoms with Gasteiger partial charge in [-0.15, -0.1) is 0 Å². The lowest BCUT2D eigenvalue weighted by molar-refractivity contribution is -0.122. The second kappa shape index (κ2) is 8.38. The van der Waals surface area contributed by atoms with Gasteiger partial charge in [0.25, 0.3) is 11.8 Å². The van der Waals surface area contributed by atoms with Crippen molar-refractivity contribution in [2.45, 2.75) is 26.3 Å². The number of aryl methyl sites for hydroxylation is 1. The fraction of sp³-hybridized carbons (Fsp3) is 0.286. The lowest BCUT2D eigenvalue weighted by atomic mass is 10.1. The third-order valence-electron chi connectivity index (χ3n) is 4.48. The molecule has 0 aliphatic carbocycles. The van der Waals surface area contributed by atoms with Crippen LogP contribution in [0.3, 0.4) is 0 Å². The highest BCUT2D eigenvalue weighted by molar-refractivity contribution is 6.21. The average molecular weight is 402 g/mol. The van der Waals surface area contributed by atoms with Crippen molar-refractivity contribution in [1.29, 1.82) is 0 Å². The second-order valence-corrected chi connectivity index (χ2v) is 6.92. The van der Waals surface area contributed by atoms with Crippen LogP contribution in [0.2, 0.25) is 0 Å². The van der Waals surface area contributed by atoms with E-state index in [-0.39, 0.29) is 31.2 Å². The number of benzene rings is 2. The number of fused-ring (bicyclic) bond motifs is 1. The van der Waals surface area contributed by atoms with Crippen LogP contribution in [0.4, 0.5) is 8.78 Å². The minimum absolute atomic E-state index is 0.0272. The summed E-state index contributed by atoms with van der Waals surface area (Å²) in [6, 6.07) is 7.52. The van der Waals surface area contributed by atoms with Crippen LogP contribution < -0.4 is 10.1 Å². The van der Waals surface area contributed by atoms with Crippen LogP contribution in [0, 0.1) is 18.6 Å². The van der Waals surface area contributed by atoms with E-state index in [2.05, 4.69) is 5.32 Å². The Morgan fingerprint density at radius 1 is 1.10 bits per heavy atom. The van der Waals surface area contributed by atoms with Crippen molar-refractivity contribution in [3.8, 4) is 5.75 Å². The Bertz CT molecular complexity index is 977. The van der Waals surface area contributed by atoms with Gasteiger partial charge in [-0.25, -0.2) is 8.78 Å². The Balaban J connectivity index is 1.48. The Morgan fingerprint density at radius 2 is 1.83 bits per heavy atom. The molecule has 6 nitrogen and oxygen atoms in total. The van der Waals surface area contributed by atoms with Crippen LogP contribution in [0.1, 0.15) is 39.6 Å². The normalized spacial score (nSPS) is 14.0. The summed E-state index contributed by atoms with van der Waals surface area (Å²) in [6.07, 6.45) is -0.0697. The summed E-state index contributed by atoms with van der Waals surface area (Å²) in [7, 11) is 0. The highest BCUT2D eigenvalue weighted by atomic mass is 19.1. The van der Waals surface area contributed by atoms with E-state index in [1.165, 1.54) is 6.07 Å².